The fourth-order valence-electron chi connectivity index (χ4n) is 2.11. The maximum absolute atomic E-state index is 12.2. The second kappa shape index (κ2) is 5.60. The van der Waals surface area contributed by atoms with Gasteiger partial charge in [0, 0.05) is 36.6 Å². The first-order valence-corrected chi connectivity index (χ1v) is 6.50. The van der Waals surface area contributed by atoms with Crippen LogP contribution in [0.3, 0.4) is 0 Å². The summed E-state index contributed by atoms with van der Waals surface area (Å²) in [7, 11) is 0. The van der Waals surface area contributed by atoms with Gasteiger partial charge in [0.1, 0.15) is 0 Å². The molecule has 1 aromatic heterocycles. The van der Waals surface area contributed by atoms with Crippen molar-refractivity contribution in [2.24, 2.45) is 5.92 Å². The van der Waals surface area contributed by atoms with Crippen LogP contribution in [0.5, 0.6) is 0 Å². The van der Waals surface area contributed by atoms with E-state index in [4.69, 9.17) is 5.11 Å². The molecule has 5 heteroatoms. The van der Waals surface area contributed by atoms with E-state index in [2.05, 4.69) is 20.9 Å². The highest BCUT2D eigenvalue weighted by Gasteiger charge is 2.24. The lowest BCUT2D eigenvalue weighted by Crippen LogP contribution is -2.40. The molecule has 2 heterocycles. The van der Waals surface area contributed by atoms with Gasteiger partial charge >= 0.3 is 0 Å². The highest BCUT2D eigenvalue weighted by molar-refractivity contribution is 9.10. The van der Waals surface area contributed by atoms with Crippen molar-refractivity contribution in [1.29, 1.82) is 0 Å². The third kappa shape index (κ3) is 3.04. The lowest BCUT2D eigenvalue weighted by atomic mass is 9.98. The number of piperidine rings is 1. The summed E-state index contributed by atoms with van der Waals surface area (Å²) in [6.07, 6.45) is 5.19. The number of amides is 1. The number of aliphatic hydroxyl groups is 1. The number of rotatable bonds is 2. The maximum Gasteiger partial charge on any atom is 0.255 e. The van der Waals surface area contributed by atoms with Crippen molar-refractivity contribution in [1.82, 2.24) is 9.88 Å². The lowest BCUT2D eigenvalue weighted by molar-refractivity contribution is 0.0620. The first-order chi connectivity index (χ1) is 8.20. The number of likely N-dealkylation sites (tertiary alicyclic amines) is 1. The molecule has 1 saturated heterocycles. The molecule has 1 aliphatic rings. The fraction of sp³-hybridized carbons (Fsp3) is 0.500. The van der Waals surface area contributed by atoms with E-state index >= 15 is 0 Å². The molecule has 0 saturated carbocycles. The SMILES string of the molecule is O=C(c1cncc(Br)c1)N1CCCC(CO)C1. The molecule has 4 nitrogen and oxygen atoms in total. The molecule has 1 amide bonds. The molecular formula is C12H15BrN2O2. The molecule has 92 valence electrons. The molecule has 0 radical (unpaired) electrons. The van der Waals surface area contributed by atoms with Crippen molar-refractivity contribution in [2.75, 3.05) is 19.7 Å². The van der Waals surface area contributed by atoms with Crippen molar-refractivity contribution >= 4 is 21.8 Å². The zero-order chi connectivity index (χ0) is 12.3. The standard InChI is InChI=1S/C12H15BrN2O2/c13-11-4-10(5-14-6-11)12(17)15-3-1-2-9(7-15)8-16/h4-6,9,16H,1-3,7-8H2. The van der Waals surface area contributed by atoms with E-state index in [1.54, 1.807) is 23.4 Å². The van der Waals surface area contributed by atoms with Crippen LogP contribution in [0.4, 0.5) is 0 Å². The molecular weight excluding hydrogens is 284 g/mol. The molecule has 0 aromatic carbocycles. The van der Waals surface area contributed by atoms with Gasteiger partial charge in [0.25, 0.3) is 5.91 Å². The Balaban J connectivity index is 2.09. The van der Waals surface area contributed by atoms with Crippen LogP contribution in [0, 0.1) is 5.92 Å². The largest absolute Gasteiger partial charge is 0.396 e. The van der Waals surface area contributed by atoms with Gasteiger partial charge in [0.05, 0.1) is 5.56 Å². The van der Waals surface area contributed by atoms with Gasteiger partial charge in [-0.3, -0.25) is 9.78 Å². The highest BCUT2D eigenvalue weighted by Crippen LogP contribution is 2.19. The summed E-state index contributed by atoms with van der Waals surface area (Å²) in [6.45, 7) is 1.56. The molecule has 1 N–H and O–H groups in total. The van der Waals surface area contributed by atoms with Crippen LogP contribution in [0.2, 0.25) is 0 Å². The average Bonchev–Trinajstić information content (AvgIpc) is 2.38. The van der Waals surface area contributed by atoms with E-state index in [9.17, 15) is 4.79 Å². The third-order valence-electron chi connectivity index (χ3n) is 3.02. The first kappa shape index (κ1) is 12.5. The Kier molecular flexibility index (Phi) is 4.12. The molecule has 1 aromatic rings. The van der Waals surface area contributed by atoms with Gasteiger partial charge in [-0.1, -0.05) is 0 Å². The number of halogens is 1. The van der Waals surface area contributed by atoms with E-state index < -0.39 is 0 Å². The predicted molar refractivity (Wildman–Crippen MR) is 67.7 cm³/mol. The second-order valence-electron chi connectivity index (χ2n) is 4.33. The smallest absolute Gasteiger partial charge is 0.255 e. The summed E-state index contributed by atoms with van der Waals surface area (Å²) in [5.41, 5.74) is 0.595. The zero-order valence-electron chi connectivity index (χ0n) is 9.47. The van der Waals surface area contributed by atoms with Crippen LogP contribution in [-0.4, -0.2) is 40.6 Å². The number of aliphatic hydroxyl groups excluding tert-OH is 1. The van der Waals surface area contributed by atoms with Gasteiger partial charge in [-0.25, -0.2) is 0 Å². The van der Waals surface area contributed by atoms with E-state index in [-0.39, 0.29) is 18.4 Å². The van der Waals surface area contributed by atoms with E-state index in [0.717, 1.165) is 23.9 Å². The quantitative estimate of drug-likeness (QED) is 0.904. The normalized spacial score (nSPS) is 20.4. The molecule has 1 unspecified atom stereocenters. The van der Waals surface area contributed by atoms with Crippen molar-refractivity contribution in [2.45, 2.75) is 12.8 Å². The van der Waals surface area contributed by atoms with Crippen molar-refractivity contribution in [3.8, 4) is 0 Å². The maximum atomic E-state index is 12.2. The Bertz CT molecular complexity index is 411. The minimum Gasteiger partial charge on any atom is -0.396 e. The van der Waals surface area contributed by atoms with Crippen molar-refractivity contribution in [3.63, 3.8) is 0 Å². The molecule has 0 bridgehead atoms. The van der Waals surface area contributed by atoms with Gasteiger partial charge in [-0.2, -0.15) is 0 Å². The predicted octanol–water partition coefficient (Wildman–Crippen LogP) is 1.69. The Morgan fingerprint density at radius 2 is 2.41 bits per heavy atom. The number of aromatic nitrogens is 1. The lowest BCUT2D eigenvalue weighted by Gasteiger charge is -2.31. The van der Waals surface area contributed by atoms with E-state index in [1.807, 2.05) is 0 Å². The number of carbonyl (C=O) groups is 1. The second-order valence-corrected chi connectivity index (χ2v) is 5.25. The van der Waals surface area contributed by atoms with Crippen LogP contribution >= 0.6 is 15.9 Å². The summed E-state index contributed by atoms with van der Waals surface area (Å²) >= 11 is 3.31. The van der Waals surface area contributed by atoms with Crippen LogP contribution in [0.15, 0.2) is 22.9 Å². The number of pyridine rings is 1. The average molecular weight is 299 g/mol. The summed E-state index contributed by atoms with van der Waals surface area (Å²) in [5, 5.41) is 9.15. The van der Waals surface area contributed by atoms with Crippen LogP contribution in [0.25, 0.3) is 0 Å². The molecule has 1 fully saturated rings. The summed E-state index contributed by atoms with van der Waals surface area (Å²) in [5.74, 6) is 0.213. The van der Waals surface area contributed by atoms with Crippen LogP contribution in [-0.2, 0) is 0 Å². The topological polar surface area (TPSA) is 53.4 Å². The van der Waals surface area contributed by atoms with Gasteiger partial charge < -0.3 is 10.0 Å². The van der Waals surface area contributed by atoms with Crippen LogP contribution < -0.4 is 0 Å². The minimum absolute atomic E-state index is 0.00282. The molecule has 0 spiro atoms. The Hall–Kier alpha value is -0.940. The molecule has 1 atom stereocenters. The molecule has 0 aliphatic carbocycles. The Labute approximate surface area is 109 Å². The first-order valence-electron chi connectivity index (χ1n) is 5.71. The van der Waals surface area contributed by atoms with Gasteiger partial charge in [-0.05, 0) is 40.8 Å². The highest BCUT2D eigenvalue weighted by atomic mass is 79.9. The summed E-state index contributed by atoms with van der Waals surface area (Å²) < 4.78 is 0.805. The van der Waals surface area contributed by atoms with E-state index in [0.29, 0.717) is 12.1 Å². The van der Waals surface area contributed by atoms with Gasteiger partial charge in [-0.15, -0.1) is 0 Å². The molecule has 1 aliphatic heterocycles. The molecule has 2 rings (SSSR count). The third-order valence-corrected chi connectivity index (χ3v) is 3.45. The number of carbonyl (C=O) groups excluding carboxylic acids is 1. The van der Waals surface area contributed by atoms with Gasteiger partial charge in [0.15, 0.2) is 0 Å². The Morgan fingerprint density at radius 1 is 1.59 bits per heavy atom. The van der Waals surface area contributed by atoms with Gasteiger partial charge in [0.2, 0.25) is 0 Å². The monoisotopic (exact) mass is 298 g/mol. The number of hydrogen-bond acceptors (Lipinski definition) is 3. The fourth-order valence-corrected chi connectivity index (χ4v) is 2.47. The minimum atomic E-state index is -0.00282. The van der Waals surface area contributed by atoms with Crippen LogP contribution in [0.1, 0.15) is 23.2 Å². The molecule has 17 heavy (non-hydrogen) atoms. The Morgan fingerprint density at radius 3 is 3.12 bits per heavy atom. The van der Waals surface area contributed by atoms with Crippen molar-refractivity contribution in [3.05, 3.63) is 28.5 Å². The number of nitrogens with zero attached hydrogens (tertiary/aromatic N) is 2. The summed E-state index contributed by atoms with van der Waals surface area (Å²) in [6, 6.07) is 1.78. The van der Waals surface area contributed by atoms with Crippen molar-refractivity contribution < 1.29 is 9.90 Å². The number of hydrogen-bond donors (Lipinski definition) is 1. The van der Waals surface area contributed by atoms with E-state index in [1.165, 1.54) is 0 Å². The summed E-state index contributed by atoms with van der Waals surface area (Å²) in [4.78, 5) is 18.0. The zero-order valence-corrected chi connectivity index (χ0v) is 11.1.